The van der Waals surface area contributed by atoms with E-state index in [-0.39, 0.29) is 17.4 Å². The van der Waals surface area contributed by atoms with Crippen molar-refractivity contribution in [3.05, 3.63) is 16.1 Å². The van der Waals surface area contributed by atoms with Crippen LogP contribution in [0.4, 0.5) is 0 Å². The number of carbonyl (C=O) groups excluding carboxylic acids is 1. The normalized spacial score (nSPS) is 26.4. The van der Waals surface area contributed by atoms with Crippen molar-refractivity contribution in [1.29, 1.82) is 0 Å². The molecule has 4 nitrogen and oxygen atoms in total. The molecule has 2 rings (SSSR count). The second kappa shape index (κ2) is 6.68. The average molecular weight is 295 g/mol. The Labute approximate surface area is 125 Å². The van der Waals surface area contributed by atoms with Crippen LogP contribution in [0.25, 0.3) is 0 Å². The molecule has 1 aromatic heterocycles. The monoisotopic (exact) mass is 295 g/mol. The van der Waals surface area contributed by atoms with E-state index < -0.39 is 0 Å². The molecule has 0 radical (unpaired) electrons. The lowest BCUT2D eigenvalue weighted by Crippen LogP contribution is -2.53. The van der Waals surface area contributed by atoms with Crippen LogP contribution in [-0.4, -0.2) is 23.0 Å². The molecule has 2 atom stereocenters. The quantitative estimate of drug-likeness (QED) is 0.875. The Morgan fingerprint density at radius 2 is 2.40 bits per heavy atom. The summed E-state index contributed by atoms with van der Waals surface area (Å²) in [5, 5.41) is 6.27. The topological polar surface area (TPSA) is 68.0 Å². The highest BCUT2D eigenvalue weighted by Gasteiger charge is 2.37. The first-order chi connectivity index (χ1) is 9.53. The Bertz CT molecular complexity index is 456. The molecule has 1 aliphatic carbocycles. The Kier molecular flexibility index (Phi) is 5.16. The molecule has 1 fully saturated rings. The highest BCUT2D eigenvalue weighted by molar-refractivity contribution is 7.09. The molecule has 1 aliphatic rings. The Morgan fingerprint density at radius 1 is 1.60 bits per heavy atom. The molecule has 0 aromatic carbocycles. The maximum atomic E-state index is 12.3. The molecule has 0 aliphatic heterocycles. The SMILES string of the molecule is CCc1nc(CCNC(=O)C2CCCCC2(C)N)cs1. The zero-order valence-electron chi connectivity index (χ0n) is 12.4. The minimum absolute atomic E-state index is 0.0436. The summed E-state index contributed by atoms with van der Waals surface area (Å²) < 4.78 is 0. The predicted octanol–water partition coefficient (Wildman–Crippen LogP) is 2.27. The van der Waals surface area contributed by atoms with Gasteiger partial charge in [-0.05, 0) is 26.2 Å². The average Bonchev–Trinajstić information content (AvgIpc) is 2.86. The maximum Gasteiger partial charge on any atom is 0.224 e. The molecule has 20 heavy (non-hydrogen) atoms. The molecule has 0 saturated heterocycles. The largest absolute Gasteiger partial charge is 0.355 e. The van der Waals surface area contributed by atoms with Gasteiger partial charge in [-0.2, -0.15) is 0 Å². The first kappa shape index (κ1) is 15.4. The van der Waals surface area contributed by atoms with Crippen LogP contribution in [0.2, 0.25) is 0 Å². The molecule has 0 spiro atoms. The number of nitrogens with zero attached hydrogens (tertiary/aromatic N) is 1. The molecule has 1 saturated carbocycles. The van der Waals surface area contributed by atoms with E-state index in [9.17, 15) is 4.79 Å². The third-order valence-corrected chi connectivity index (χ3v) is 5.19. The van der Waals surface area contributed by atoms with Crippen LogP contribution >= 0.6 is 11.3 Å². The summed E-state index contributed by atoms with van der Waals surface area (Å²) in [6.07, 6.45) is 5.87. The maximum absolute atomic E-state index is 12.3. The van der Waals surface area contributed by atoms with Crippen LogP contribution in [-0.2, 0) is 17.6 Å². The first-order valence-corrected chi connectivity index (χ1v) is 8.41. The van der Waals surface area contributed by atoms with Crippen LogP contribution in [0.3, 0.4) is 0 Å². The lowest BCUT2D eigenvalue weighted by molar-refractivity contribution is -0.128. The van der Waals surface area contributed by atoms with E-state index in [4.69, 9.17) is 5.73 Å². The fourth-order valence-corrected chi connectivity index (χ4v) is 3.63. The van der Waals surface area contributed by atoms with Crippen molar-refractivity contribution in [3.63, 3.8) is 0 Å². The fraction of sp³-hybridized carbons (Fsp3) is 0.733. The van der Waals surface area contributed by atoms with Crippen molar-refractivity contribution in [2.24, 2.45) is 11.7 Å². The molecule has 1 aromatic rings. The molecule has 1 heterocycles. The minimum Gasteiger partial charge on any atom is -0.355 e. The highest BCUT2D eigenvalue weighted by atomic mass is 32.1. The van der Waals surface area contributed by atoms with Crippen LogP contribution in [0.5, 0.6) is 0 Å². The van der Waals surface area contributed by atoms with Gasteiger partial charge in [-0.3, -0.25) is 4.79 Å². The van der Waals surface area contributed by atoms with E-state index in [1.165, 1.54) is 0 Å². The van der Waals surface area contributed by atoms with Crippen LogP contribution in [0.1, 0.15) is 50.2 Å². The van der Waals surface area contributed by atoms with Crippen LogP contribution in [0.15, 0.2) is 5.38 Å². The van der Waals surface area contributed by atoms with Crippen molar-refractivity contribution in [2.75, 3.05) is 6.54 Å². The fourth-order valence-electron chi connectivity index (χ4n) is 2.85. The second-order valence-electron chi connectivity index (χ2n) is 5.93. The van der Waals surface area contributed by atoms with Gasteiger partial charge in [0, 0.05) is 23.9 Å². The van der Waals surface area contributed by atoms with E-state index in [1.807, 2.05) is 6.92 Å². The van der Waals surface area contributed by atoms with Gasteiger partial charge in [0.2, 0.25) is 5.91 Å². The summed E-state index contributed by atoms with van der Waals surface area (Å²) in [6, 6.07) is 0. The zero-order valence-corrected chi connectivity index (χ0v) is 13.3. The third kappa shape index (κ3) is 3.79. The molecule has 3 N–H and O–H groups in total. The van der Waals surface area contributed by atoms with Gasteiger partial charge in [0.25, 0.3) is 0 Å². The van der Waals surface area contributed by atoms with E-state index in [1.54, 1.807) is 11.3 Å². The van der Waals surface area contributed by atoms with Crippen molar-refractivity contribution in [2.45, 2.75) is 57.9 Å². The summed E-state index contributed by atoms with van der Waals surface area (Å²) in [5.41, 5.74) is 6.98. The standard InChI is InChI=1S/C15H25N3OS/c1-3-13-18-11(10-20-13)7-9-17-14(19)12-6-4-5-8-15(12,2)16/h10,12H,3-9,16H2,1-2H3,(H,17,19). The Balaban J connectivity index is 1.79. The lowest BCUT2D eigenvalue weighted by atomic mass is 9.74. The number of aromatic nitrogens is 1. The van der Waals surface area contributed by atoms with Gasteiger partial charge >= 0.3 is 0 Å². The van der Waals surface area contributed by atoms with Gasteiger partial charge in [-0.15, -0.1) is 11.3 Å². The smallest absolute Gasteiger partial charge is 0.224 e. The molecular weight excluding hydrogens is 270 g/mol. The highest BCUT2D eigenvalue weighted by Crippen LogP contribution is 2.31. The summed E-state index contributed by atoms with van der Waals surface area (Å²) >= 11 is 1.69. The summed E-state index contributed by atoms with van der Waals surface area (Å²) in [7, 11) is 0. The van der Waals surface area contributed by atoms with Gasteiger partial charge in [0.1, 0.15) is 0 Å². The molecule has 0 bridgehead atoms. The van der Waals surface area contributed by atoms with Crippen molar-refractivity contribution >= 4 is 17.2 Å². The molecule has 5 heteroatoms. The van der Waals surface area contributed by atoms with Crippen molar-refractivity contribution in [1.82, 2.24) is 10.3 Å². The van der Waals surface area contributed by atoms with E-state index in [2.05, 4.69) is 22.6 Å². The number of carbonyl (C=O) groups is 1. The van der Waals surface area contributed by atoms with Gasteiger partial charge in [-0.25, -0.2) is 4.98 Å². The first-order valence-electron chi connectivity index (χ1n) is 7.53. The van der Waals surface area contributed by atoms with Crippen LogP contribution in [0, 0.1) is 5.92 Å². The van der Waals surface area contributed by atoms with E-state index in [0.29, 0.717) is 6.54 Å². The number of aryl methyl sites for hydroxylation is 1. The molecule has 2 unspecified atom stereocenters. The van der Waals surface area contributed by atoms with Gasteiger partial charge in [0.15, 0.2) is 0 Å². The summed E-state index contributed by atoms with van der Waals surface area (Å²) in [4.78, 5) is 16.8. The predicted molar refractivity (Wildman–Crippen MR) is 82.8 cm³/mol. The number of thiazole rings is 1. The van der Waals surface area contributed by atoms with Gasteiger partial charge in [0.05, 0.1) is 16.6 Å². The van der Waals surface area contributed by atoms with Gasteiger partial charge in [-0.1, -0.05) is 19.8 Å². The number of nitrogens with two attached hydrogens (primary N) is 1. The summed E-state index contributed by atoms with van der Waals surface area (Å²) in [6.45, 7) is 4.76. The number of hydrogen-bond acceptors (Lipinski definition) is 4. The zero-order chi connectivity index (χ0) is 14.6. The minimum atomic E-state index is -0.349. The molecule has 112 valence electrons. The Hall–Kier alpha value is -0.940. The van der Waals surface area contributed by atoms with Crippen molar-refractivity contribution in [3.8, 4) is 0 Å². The third-order valence-electron chi connectivity index (χ3n) is 4.15. The number of hydrogen-bond donors (Lipinski definition) is 2. The Morgan fingerprint density at radius 3 is 3.05 bits per heavy atom. The van der Waals surface area contributed by atoms with Crippen LogP contribution < -0.4 is 11.1 Å². The molecular formula is C15H25N3OS. The van der Waals surface area contributed by atoms with Crippen molar-refractivity contribution < 1.29 is 4.79 Å². The second-order valence-corrected chi connectivity index (χ2v) is 6.87. The number of amides is 1. The lowest BCUT2D eigenvalue weighted by Gasteiger charge is -2.37. The summed E-state index contributed by atoms with van der Waals surface area (Å²) in [5.74, 6) is 0.0681. The van der Waals surface area contributed by atoms with E-state index in [0.717, 1.165) is 49.2 Å². The number of nitrogens with one attached hydrogen (secondary N) is 1. The van der Waals surface area contributed by atoms with Gasteiger partial charge < -0.3 is 11.1 Å². The number of rotatable bonds is 5. The molecule has 1 amide bonds. The van der Waals surface area contributed by atoms with E-state index >= 15 is 0 Å².